The summed E-state index contributed by atoms with van der Waals surface area (Å²) in [6.07, 6.45) is 0.750. The molecule has 3 rings (SSSR count). The van der Waals surface area contributed by atoms with Gasteiger partial charge in [0.05, 0.1) is 0 Å². The van der Waals surface area contributed by atoms with E-state index in [2.05, 4.69) is 0 Å². The van der Waals surface area contributed by atoms with Crippen LogP contribution in [0.25, 0.3) is 0 Å². The molecule has 2 N–H and O–H groups in total. The number of carbonyl (C=O) groups excluding carboxylic acids is 3. The Morgan fingerprint density at radius 1 is 1.12 bits per heavy atom. The topological polar surface area (TPSA) is 83.7 Å². The van der Waals surface area contributed by atoms with E-state index in [1.807, 2.05) is 18.2 Å². The average molecular weight is 351 g/mol. The third kappa shape index (κ3) is 3.44. The Labute approximate surface area is 152 Å². The van der Waals surface area contributed by atoms with Gasteiger partial charge < -0.3 is 15.5 Å². The third-order valence-corrected chi connectivity index (χ3v) is 4.58. The predicted molar refractivity (Wildman–Crippen MR) is 98.9 cm³/mol. The molecular weight excluding hydrogens is 330 g/mol. The average Bonchev–Trinajstić information content (AvgIpc) is 3.04. The first-order chi connectivity index (χ1) is 12.4. The number of fused-ring (bicyclic) bond motifs is 1. The van der Waals surface area contributed by atoms with E-state index in [1.54, 1.807) is 48.0 Å². The molecule has 0 bridgehead atoms. The van der Waals surface area contributed by atoms with Crippen LogP contribution in [0.3, 0.4) is 0 Å². The number of rotatable bonds is 4. The van der Waals surface area contributed by atoms with Crippen LogP contribution in [-0.2, 0) is 17.8 Å². The van der Waals surface area contributed by atoms with E-state index in [4.69, 9.17) is 5.73 Å². The van der Waals surface area contributed by atoms with Crippen molar-refractivity contribution in [2.75, 3.05) is 18.5 Å². The maximum absolute atomic E-state index is 12.7. The molecule has 0 unspecified atom stereocenters. The molecule has 6 nitrogen and oxygen atoms in total. The van der Waals surface area contributed by atoms with Crippen molar-refractivity contribution in [3.8, 4) is 0 Å². The zero-order valence-corrected chi connectivity index (χ0v) is 14.9. The van der Waals surface area contributed by atoms with Gasteiger partial charge >= 0.3 is 0 Å². The Hall–Kier alpha value is -3.15. The first-order valence-electron chi connectivity index (χ1n) is 8.42. The highest BCUT2D eigenvalue weighted by Gasteiger charge is 2.23. The molecule has 6 heteroatoms. The molecule has 1 aliphatic heterocycles. The number of benzene rings is 2. The second-order valence-electron chi connectivity index (χ2n) is 6.49. The van der Waals surface area contributed by atoms with Crippen molar-refractivity contribution in [2.24, 2.45) is 5.73 Å². The number of nitrogens with two attached hydrogens (primary N) is 1. The highest BCUT2D eigenvalue weighted by atomic mass is 16.2. The highest BCUT2D eigenvalue weighted by Crippen LogP contribution is 2.29. The highest BCUT2D eigenvalue weighted by molar-refractivity contribution is 5.98. The fourth-order valence-corrected chi connectivity index (χ4v) is 3.25. The van der Waals surface area contributed by atoms with E-state index in [0.717, 1.165) is 23.2 Å². The van der Waals surface area contributed by atoms with Crippen molar-refractivity contribution >= 4 is 23.4 Å². The standard InChI is InChI=1S/C20H21N3O3/c1-13(24)23-9-8-15-11-17(6-7-18(15)23)20(26)22(2)12-14-4-3-5-16(10-14)19(21)25/h3-7,10-11H,8-9,12H2,1-2H3,(H2,21,25). The van der Waals surface area contributed by atoms with Crippen molar-refractivity contribution in [2.45, 2.75) is 19.9 Å². The summed E-state index contributed by atoms with van der Waals surface area (Å²) >= 11 is 0. The number of carbonyl (C=O) groups is 3. The lowest BCUT2D eigenvalue weighted by Crippen LogP contribution is -2.27. The smallest absolute Gasteiger partial charge is 0.253 e. The monoisotopic (exact) mass is 351 g/mol. The van der Waals surface area contributed by atoms with Gasteiger partial charge in [-0.15, -0.1) is 0 Å². The van der Waals surface area contributed by atoms with Crippen molar-refractivity contribution in [1.29, 1.82) is 0 Å². The lowest BCUT2D eigenvalue weighted by atomic mass is 10.1. The summed E-state index contributed by atoms with van der Waals surface area (Å²) in [7, 11) is 1.72. The van der Waals surface area contributed by atoms with Crippen LogP contribution in [0.1, 0.15) is 38.8 Å². The maximum Gasteiger partial charge on any atom is 0.253 e. The summed E-state index contributed by atoms with van der Waals surface area (Å²) < 4.78 is 0. The van der Waals surface area contributed by atoms with E-state index in [-0.39, 0.29) is 11.8 Å². The summed E-state index contributed by atoms with van der Waals surface area (Å²) in [5.74, 6) is -0.595. The third-order valence-electron chi connectivity index (χ3n) is 4.58. The lowest BCUT2D eigenvalue weighted by Gasteiger charge is -2.19. The molecule has 2 aromatic rings. The number of hydrogen-bond acceptors (Lipinski definition) is 3. The molecule has 0 aromatic heterocycles. The fraction of sp³-hybridized carbons (Fsp3) is 0.250. The maximum atomic E-state index is 12.7. The summed E-state index contributed by atoms with van der Waals surface area (Å²) in [5, 5.41) is 0. The first-order valence-corrected chi connectivity index (χ1v) is 8.42. The van der Waals surface area contributed by atoms with Gasteiger partial charge in [-0.3, -0.25) is 14.4 Å². The van der Waals surface area contributed by atoms with Crippen LogP contribution in [-0.4, -0.2) is 36.2 Å². The number of amides is 3. The number of primary amides is 1. The molecular formula is C20H21N3O3. The second kappa shape index (κ2) is 7.00. The molecule has 0 saturated carbocycles. The molecule has 26 heavy (non-hydrogen) atoms. The van der Waals surface area contributed by atoms with Gasteiger partial charge in [0.15, 0.2) is 0 Å². The zero-order chi connectivity index (χ0) is 18.8. The molecule has 1 heterocycles. The van der Waals surface area contributed by atoms with Crippen molar-refractivity contribution in [3.05, 3.63) is 64.7 Å². The minimum Gasteiger partial charge on any atom is -0.366 e. The van der Waals surface area contributed by atoms with Crippen LogP contribution >= 0.6 is 0 Å². The Balaban J connectivity index is 1.76. The lowest BCUT2D eigenvalue weighted by molar-refractivity contribution is -0.116. The summed E-state index contributed by atoms with van der Waals surface area (Å²) in [4.78, 5) is 39.0. The van der Waals surface area contributed by atoms with E-state index in [0.29, 0.717) is 24.2 Å². The van der Waals surface area contributed by atoms with Crippen LogP contribution in [0, 0.1) is 0 Å². The van der Waals surface area contributed by atoms with Gasteiger partial charge in [-0.05, 0) is 47.9 Å². The molecule has 134 valence electrons. The van der Waals surface area contributed by atoms with E-state index < -0.39 is 5.91 Å². The van der Waals surface area contributed by atoms with Crippen molar-refractivity contribution < 1.29 is 14.4 Å². The number of nitrogens with zero attached hydrogens (tertiary/aromatic N) is 2. The van der Waals surface area contributed by atoms with Gasteiger partial charge in [-0.1, -0.05) is 12.1 Å². The minimum atomic E-state index is -0.491. The Bertz CT molecular complexity index is 892. The summed E-state index contributed by atoms with van der Waals surface area (Å²) in [5.41, 5.74) is 9.03. The molecule has 0 atom stereocenters. The molecule has 0 spiro atoms. The molecule has 2 aromatic carbocycles. The van der Waals surface area contributed by atoms with Crippen LogP contribution < -0.4 is 10.6 Å². The van der Waals surface area contributed by atoms with Gasteiger partial charge in [0, 0.05) is 43.9 Å². The van der Waals surface area contributed by atoms with Gasteiger partial charge in [0.2, 0.25) is 11.8 Å². The molecule has 0 saturated heterocycles. The Morgan fingerprint density at radius 2 is 1.88 bits per heavy atom. The number of hydrogen-bond donors (Lipinski definition) is 1. The predicted octanol–water partition coefficient (Wildman–Crippen LogP) is 1.97. The van der Waals surface area contributed by atoms with Crippen molar-refractivity contribution in [1.82, 2.24) is 4.90 Å². The van der Waals surface area contributed by atoms with E-state index in [9.17, 15) is 14.4 Å². The van der Waals surface area contributed by atoms with Crippen LogP contribution in [0.15, 0.2) is 42.5 Å². The SMILES string of the molecule is CC(=O)N1CCc2cc(C(=O)N(C)Cc3cccc(C(N)=O)c3)ccc21. The number of anilines is 1. The Morgan fingerprint density at radius 3 is 2.58 bits per heavy atom. The normalized spacial score (nSPS) is 12.6. The molecule has 3 amide bonds. The molecule has 1 aliphatic rings. The van der Waals surface area contributed by atoms with Crippen LogP contribution in [0.5, 0.6) is 0 Å². The van der Waals surface area contributed by atoms with Gasteiger partial charge in [-0.25, -0.2) is 0 Å². The summed E-state index contributed by atoms with van der Waals surface area (Å²) in [6.45, 7) is 2.57. The minimum absolute atomic E-state index is 0.00859. The molecule has 0 radical (unpaired) electrons. The van der Waals surface area contributed by atoms with Crippen LogP contribution in [0.4, 0.5) is 5.69 Å². The largest absolute Gasteiger partial charge is 0.366 e. The quantitative estimate of drug-likeness (QED) is 0.914. The fourth-order valence-electron chi connectivity index (χ4n) is 3.25. The Kier molecular flexibility index (Phi) is 4.75. The van der Waals surface area contributed by atoms with Gasteiger partial charge in [0.25, 0.3) is 5.91 Å². The van der Waals surface area contributed by atoms with Crippen LogP contribution in [0.2, 0.25) is 0 Å². The summed E-state index contributed by atoms with van der Waals surface area (Å²) in [6, 6.07) is 12.4. The molecule has 0 aliphatic carbocycles. The van der Waals surface area contributed by atoms with E-state index in [1.165, 1.54) is 0 Å². The molecule has 0 fully saturated rings. The van der Waals surface area contributed by atoms with Gasteiger partial charge in [-0.2, -0.15) is 0 Å². The van der Waals surface area contributed by atoms with E-state index >= 15 is 0 Å². The van der Waals surface area contributed by atoms with Gasteiger partial charge in [0.1, 0.15) is 0 Å². The van der Waals surface area contributed by atoms with Crippen molar-refractivity contribution in [3.63, 3.8) is 0 Å². The zero-order valence-electron chi connectivity index (χ0n) is 14.9. The second-order valence-corrected chi connectivity index (χ2v) is 6.49. The first kappa shape index (κ1) is 17.7.